The van der Waals surface area contributed by atoms with Gasteiger partial charge in [0.25, 0.3) is 0 Å². The van der Waals surface area contributed by atoms with Crippen molar-refractivity contribution >= 4 is 34.0 Å². The molecule has 0 saturated heterocycles. The molecule has 142 valence electrons. The lowest BCUT2D eigenvalue weighted by Gasteiger charge is -2.20. The molecule has 0 N–H and O–H groups in total. The molecular weight excluding hydrogens is 476 g/mol. The first-order valence-electron chi connectivity index (χ1n) is 9.29. The van der Waals surface area contributed by atoms with Crippen LogP contribution in [0.15, 0.2) is 91.1 Å². The van der Waals surface area contributed by atoms with Crippen LogP contribution in [0.5, 0.6) is 0 Å². The van der Waals surface area contributed by atoms with Crippen molar-refractivity contribution in [2.75, 3.05) is 0 Å². The van der Waals surface area contributed by atoms with E-state index in [1.807, 2.05) is 66.7 Å². The van der Waals surface area contributed by atoms with Gasteiger partial charge in [-0.1, -0.05) is 60.7 Å². The SMILES string of the molecule is CC[n+]1ccc(C)c2cc(P(=O)(c3ccccc3)c3ccccc3)ccc21.[I-]. The minimum atomic E-state index is -2.93. The summed E-state index contributed by atoms with van der Waals surface area (Å²) in [6, 6.07) is 28.1. The van der Waals surface area contributed by atoms with Crippen molar-refractivity contribution in [1.82, 2.24) is 0 Å². The fourth-order valence-electron chi connectivity index (χ4n) is 3.66. The molecule has 0 aliphatic rings. The van der Waals surface area contributed by atoms with Gasteiger partial charge in [0, 0.05) is 28.0 Å². The molecule has 1 aromatic heterocycles. The van der Waals surface area contributed by atoms with E-state index in [0.29, 0.717) is 0 Å². The summed E-state index contributed by atoms with van der Waals surface area (Å²) in [4.78, 5) is 0. The van der Waals surface area contributed by atoms with E-state index in [-0.39, 0.29) is 24.0 Å². The Labute approximate surface area is 183 Å². The van der Waals surface area contributed by atoms with E-state index < -0.39 is 7.14 Å². The molecule has 4 rings (SSSR count). The van der Waals surface area contributed by atoms with Crippen LogP contribution in [0, 0.1) is 6.92 Å². The molecule has 0 bridgehead atoms. The second-order valence-electron chi connectivity index (χ2n) is 6.77. The maximum Gasteiger partial charge on any atom is 0.212 e. The molecule has 28 heavy (non-hydrogen) atoms. The topological polar surface area (TPSA) is 20.9 Å². The summed E-state index contributed by atoms with van der Waals surface area (Å²) in [7, 11) is -2.93. The molecule has 0 atom stereocenters. The van der Waals surface area contributed by atoms with Crippen molar-refractivity contribution in [1.29, 1.82) is 0 Å². The van der Waals surface area contributed by atoms with Crippen molar-refractivity contribution in [2.45, 2.75) is 20.4 Å². The summed E-state index contributed by atoms with van der Waals surface area (Å²) in [5.41, 5.74) is 2.37. The molecule has 0 aliphatic carbocycles. The molecule has 0 amide bonds. The minimum Gasteiger partial charge on any atom is -1.00 e. The van der Waals surface area contributed by atoms with E-state index >= 15 is 0 Å². The zero-order valence-electron chi connectivity index (χ0n) is 16.0. The first kappa shape index (κ1) is 20.8. The van der Waals surface area contributed by atoms with Gasteiger partial charge >= 0.3 is 0 Å². The molecule has 0 radical (unpaired) electrons. The van der Waals surface area contributed by atoms with Gasteiger partial charge < -0.3 is 28.5 Å². The summed E-state index contributed by atoms with van der Waals surface area (Å²) in [5, 5.41) is 3.77. The number of pyridine rings is 1. The predicted molar refractivity (Wildman–Crippen MR) is 114 cm³/mol. The van der Waals surface area contributed by atoms with Gasteiger partial charge in [-0.05, 0) is 31.5 Å². The first-order valence-corrected chi connectivity index (χ1v) is 11.0. The highest BCUT2D eigenvalue weighted by molar-refractivity contribution is 7.85. The van der Waals surface area contributed by atoms with Crippen LogP contribution in [0.1, 0.15) is 12.5 Å². The molecule has 0 spiro atoms. The van der Waals surface area contributed by atoms with Crippen molar-refractivity contribution in [2.24, 2.45) is 0 Å². The number of aromatic nitrogens is 1. The Balaban J connectivity index is 0.00000225. The second kappa shape index (κ2) is 8.59. The molecule has 4 aromatic rings. The van der Waals surface area contributed by atoms with Gasteiger partial charge in [-0.2, -0.15) is 4.57 Å². The Morgan fingerprint density at radius 2 is 1.36 bits per heavy atom. The lowest BCUT2D eigenvalue weighted by atomic mass is 10.1. The van der Waals surface area contributed by atoms with Crippen LogP contribution in [-0.2, 0) is 11.1 Å². The third-order valence-electron chi connectivity index (χ3n) is 5.16. The largest absolute Gasteiger partial charge is 1.00 e. The van der Waals surface area contributed by atoms with E-state index in [2.05, 4.69) is 42.8 Å². The third kappa shape index (κ3) is 3.54. The third-order valence-corrected chi connectivity index (χ3v) is 8.22. The quantitative estimate of drug-likeness (QED) is 0.234. The number of halogens is 1. The van der Waals surface area contributed by atoms with Crippen molar-refractivity contribution in [3.05, 3.63) is 96.7 Å². The van der Waals surface area contributed by atoms with Gasteiger partial charge in [0.1, 0.15) is 6.54 Å². The van der Waals surface area contributed by atoms with Crippen LogP contribution < -0.4 is 44.5 Å². The molecule has 3 aromatic carbocycles. The molecule has 0 saturated carbocycles. The number of benzene rings is 3. The Kier molecular flexibility index (Phi) is 6.36. The lowest BCUT2D eigenvalue weighted by molar-refractivity contribution is -0.667. The summed E-state index contributed by atoms with van der Waals surface area (Å²) in [5.74, 6) is 0. The highest BCUT2D eigenvalue weighted by atomic mass is 127. The number of hydrogen-bond donors (Lipinski definition) is 0. The van der Waals surface area contributed by atoms with Gasteiger partial charge in [0.15, 0.2) is 13.3 Å². The Morgan fingerprint density at radius 3 is 1.89 bits per heavy atom. The van der Waals surface area contributed by atoms with Crippen LogP contribution in [-0.4, -0.2) is 0 Å². The number of aryl methyl sites for hydroxylation is 2. The Morgan fingerprint density at radius 1 is 0.786 bits per heavy atom. The van der Waals surface area contributed by atoms with Gasteiger partial charge in [-0.25, -0.2) is 0 Å². The van der Waals surface area contributed by atoms with Crippen LogP contribution in [0.25, 0.3) is 10.9 Å². The van der Waals surface area contributed by atoms with Gasteiger partial charge in [0.05, 0.1) is 5.39 Å². The summed E-state index contributed by atoms with van der Waals surface area (Å²) in [6.07, 6.45) is 2.12. The smallest absolute Gasteiger partial charge is 0.212 e. The van der Waals surface area contributed by atoms with Crippen molar-refractivity contribution in [3.8, 4) is 0 Å². The molecule has 0 fully saturated rings. The van der Waals surface area contributed by atoms with Gasteiger partial charge in [-0.15, -0.1) is 0 Å². The Hall–Kier alpha value is -1.97. The average molecular weight is 499 g/mol. The van der Waals surface area contributed by atoms with Crippen molar-refractivity contribution < 1.29 is 33.1 Å². The standard InChI is InChI=1S/C24H23NOP.HI/c1-3-25-17-16-19(2)23-18-22(14-15-24(23)25)27(26,20-10-6-4-7-11-20)21-12-8-5-9-13-21;/h4-18H,3H2,1-2H3;1H/q+1;/p-1. The molecule has 2 nitrogen and oxygen atoms in total. The summed E-state index contributed by atoms with van der Waals surface area (Å²) < 4.78 is 16.7. The summed E-state index contributed by atoms with van der Waals surface area (Å²) >= 11 is 0. The number of fused-ring (bicyclic) bond motifs is 1. The molecule has 0 aliphatic heterocycles. The highest BCUT2D eigenvalue weighted by Crippen LogP contribution is 2.42. The number of nitrogens with zero attached hydrogens (tertiary/aromatic N) is 1. The van der Waals surface area contributed by atoms with E-state index in [4.69, 9.17) is 0 Å². The fourth-order valence-corrected chi connectivity index (χ4v) is 6.33. The zero-order valence-corrected chi connectivity index (χ0v) is 19.1. The normalized spacial score (nSPS) is 11.2. The van der Waals surface area contributed by atoms with E-state index in [1.54, 1.807) is 0 Å². The maximum atomic E-state index is 14.5. The number of hydrogen-bond acceptors (Lipinski definition) is 1. The molecule has 4 heteroatoms. The van der Waals surface area contributed by atoms with E-state index in [0.717, 1.165) is 27.8 Å². The number of rotatable bonds is 4. The maximum absolute atomic E-state index is 14.5. The Bertz CT molecular complexity index is 1100. The first-order chi connectivity index (χ1) is 13.1. The van der Waals surface area contributed by atoms with Crippen LogP contribution >= 0.6 is 7.14 Å². The predicted octanol–water partition coefficient (Wildman–Crippen LogP) is 1.10. The van der Waals surface area contributed by atoms with E-state index in [1.165, 1.54) is 11.1 Å². The zero-order chi connectivity index (χ0) is 18.9. The lowest BCUT2D eigenvalue weighted by Crippen LogP contribution is -3.00. The van der Waals surface area contributed by atoms with E-state index in [9.17, 15) is 4.57 Å². The molecule has 1 heterocycles. The van der Waals surface area contributed by atoms with Crippen LogP contribution in [0.3, 0.4) is 0 Å². The fraction of sp³-hybridized carbons (Fsp3) is 0.125. The molecular formula is C24H23INOP. The molecule has 0 unspecified atom stereocenters. The summed E-state index contributed by atoms with van der Waals surface area (Å²) in [6.45, 7) is 5.16. The van der Waals surface area contributed by atoms with Crippen molar-refractivity contribution in [3.63, 3.8) is 0 Å². The van der Waals surface area contributed by atoms with Crippen LogP contribution in [0.4, 0.5) is 0 Å². The van der Waals surface area contributed by atoms with Gasteiger partial charge in [-0.3, -0.25) is 0 Å². The van der Waals surface area contributed by atoms with Gasteiger partial charge in [0.2, 0.25) is 5.52 Å². The average Bonchev–Trinajstić information content (AvgIpc) is 2.74. The minimum absolute atomic E-state index is 0. The van der Waals surface area contributed by atoms with Crippen LogP contribution in [0.2, 0.25) is 0 Å². The second-order valence-corrected chi connectivity index (χ2v) is 9.53. The monoisotopic (exact) mass is 499 g/mol. The highest BCUT2D eigenvalue weighted by Gasteiger charge is 2.30.